The van der Waals surface area contributed by atoms with E-state index < -0.39 is 0 Å². The Morgan fingerprint density at radius 3 is 2.33 bits per heavy atom. The van der Waals surface area contributed by atoms with Gasteiger partial charge in [-0.1, -0.05) is 58.0 Å². The summed E-state index contributed by atoms with van der Waals surface area (Å²) in [5, 5.41) is 3.23. The fourth-order valence-corrected chi connectivity index (χ4v) is 3.94. The number of para-hydroxylation sites is 1. The van der Waals surface area contributed by atoms with Crippen LogP contribution in [0.5, 0.6) is 5.75 Å². The number of ether oxygens (including phenoxy) is 1. The highest BCUT2D eigenvalue weighted by atomic mass is 16.5. The number of methoxy groups -OCH3 is 1. The van der Waals surface area contributed by atoms with Crippen LogP contribution in [0.1, 0.15) is 50.0 Å². The van der Waals surface area contributed by atoms with Crippen LogP contribution in [0.15, 0.2) is 42.5 Å². The van der Waals surface area contributed by atoms with Crippen LogP contribution in [-0.4, -0.2) is 44.6 Å². The lowest BCUT2D eigenvalue weighted by molar-refractivity contribution is 0.0924. The van der Waals surface area contributed by atoms with Gasteiger partial charge >= 0.3 is 0 Å². The Morgan fingerprint density at radius 1 is 1.03 bits per heavy atom. The third-order valence-corrected chi connectivity index (χ3v) is 5.04. The smallest absolute Gasteiger partial charge is 0.251 e. The molecule has 0 fully saturated rings. The first kappa shape index (κ1) is 23.9. The zero-order valence-corrected chi connectivity index (χ0v) is 19.7. The average Bonchev–Trinajstić information content (AvgIpc) is 2.66. The molecular weight excluding hydrogens is 372 g/mol. The van der Waals surface area contributed by atoms with Gasteiger partial charge in [-0.05, 0) is 62.0 Å². The number of nitrogens with zero attached hydrogens (tertiary/aromatic N) is 1. The molecule has 0 saturated heterocycles. The van der Waals surface area contributed by atoms with Gasteiger partial charge in [-0.15, -0.1) is 0 Å². The second-order valence-corrected chi connectivity index (χ2v) is 9.24. The molecule has 1 N–H and O–H groups in total. The molecule has 0 unspecified atom stereocenters. The summed E-state index contributed by atoms with van der Waals surface area (Å²) in [6.07, 6.45) is 1.91. The molecule has 0 spiro atoms. The van der Waals surface area contributed by atoms with Crippen molar-refractivity contribution in [2.45, 2.75) is 46.6 Å². The molecule has 30 heavy (non-hydrogen) atoms. The van der Waals surface area contributed by atoms with Crippen molar-refractivity contribution in [3.8, 4) is 16.9 Å². The lowest BCUT2D eigenvalue weighted by Gasteiger charge is -2.24. The van der Waals surface area contributed by atoms with Crippen LogP contribution in [0.2, 0.25) is 0 Å². The highest BCUT2D eigenvalue weighted by molar-refractivity contribution is 5.96. The van der Waals surface area contributed by atoms with E-state index in [9.17, 15) is 4.79 Å². The molecule has 2 rings (SSSR count). The number of hydrogen-bond donors (Lipinski definition) is 1. The minimum absolute atomic E-state index is 0.0262. The SMILES string of the molecule is COc1c(CC(C)C)cccc1-c1cccc(C(=O)N[C@H](CC(C)C)CN(C)C)c1. The number of nitrogens with one attached hydrogen (secondary N) is 1. The summed E-state index contributed by atoms with van der Waals surface area (Å²) < 4.78 is 5.78. The van der Waals surface area contributed by atoms with Gasteiger partial charge in [0.2, 0.25) is 0 Å². The van der Waals surface area contributed by atoms with Crippen molar-refractivity contribution in [3.05, 3.63) is 53.6 Å². The number of likely N-dealkylation sites (N-methyl/N-ethyl adjacent to an activating group) is 1. The van der Waals surface area contributed by atoms with Crippen LogP contribution < -0.4 is 10.1 Å². The van der Waals surface area contributed by atoms with E-state index in [0.717, 1.165) is 36.3 Å². The molecule has 1 amide bonds. The monoisotopic (exact) mass is 410 g/mol. The van der Waals surface area contributed by atoms with E-state index in [1.165, 1.54) is 5.56 Å². The second kappa shape index (κ2) is 11.2. The molecule has 0 aromatic heterocycles. The van der Waals surface area contributed by atoms with E-state index in [0.29, 0.717) is 17.4 Å². The van der Waals surface area contributed by atoms with E-state index in [1.54, 1.807) is 7.11 Å². The summed E-state index contributed by atoms with van der Waals surface area (Å²) in [6, 6.07) is 14.2. The van der Waals surface area contributed by atoms with Crippen LogP contribution >= 0.6 is 0 Å². The quantitative estimate of drug-likeness (QED) is 0.580. The van der Waals surface area contributed by atoms with Crippen molar-refractivity contribution in [3.63, 3.8) is 0 Å². The molecule has 1 atom stereocenters. The lowest BCUT2D eigenvalue weighted by atomic mass is 9.95. The van der Waals surface area contributed by atoms with E-state index in [1.807, 2.05) is 38.4 Å². The maximum Gasteiger partial charge on any atom is 0.251 e. The Morgan fingerprint density at radius 2 is 1.73 bits per heavy atom. The maximum atomic E-state index is 13.0. The van der Waals surface area contributed by atoms with E-state index in [4.69, 9.17) is 4.74 Å². The average molecular weight is 411 g/mol. The van der Waals surface area contributed by atoms with Gasteiger partial charge in [0.1, 0.15) is 5.75 Å². The predicted octanol–water partition coefficient (Wildman–Crippen LogP) is 5.27. The van der Waals surface area contributed by atoms with Crippen LogP contribution in [0, 0.1) is 11.8 Å². The number of hydrogen-bond acceptors (Lipinski definition) is 3. The zero-order chi connectivity index (χ0) is 22.3. The minimum Gasteiger partial charge on any atom is -0.496 e. The summed E-state index contributed by atoms with van der Waals surface area (Å²) in [6.45, 7) is 9.61. The largest absolute Gasteiger partial charge is 0.496 e. The van der Waals surface area contributed by atoms with Gasteiger partial charge in [0, 0.05) is 23.7 Å². The Hall–Kier alpha value is -2.33. The Kier molecular flexibility index (Phi) is 8.91. The van der Waals surface area contributed by atoms with Gasteiger partial charge in [0.15, 0.2) is 0 Å². The Labute approximate surface area is 182 Å². The molecule has 0 aliphatic carbocycles. The molecule has 164 valence electrons. The molecule has 0 aliphatic rings. The predicted molar refractivity (Wildman–Crippen MR) is 126 cm³/mol. The van der Waals surface area contributed by atoms with Crippen molar-refractivity contribution in [1.82, 2.24) is 10.2 Å². The summed E-state index contributed by atoms with van der Waals surface area (Å²) in [5.74, 6) is 1.94. The molecule has 0 aliphatic heterocycles. The fourth-order valence-electron chi connectivity index (χ4n) is 3.94. The molecular formula is C26H38N2O2. The zero-order valence-electron chi connectivity index (χ0n) is 19.7. The number of amides is 1. The Balaban J connectivity index is 2.30. The third kappa shape index (κ3) is 6.88. The summed E-state index contributed by atoms with van der Waals surface area (Å²) in [5.41, 5.74) is 3.90. The molecule has 2 aromatic rings. The lowest BCUT2D eigenvalue weighted by Crippen LogP contribution is -2.42. The van der Waals surface area contributed by atoms with E-state index in [2.05, 4.69) is 56.1 Å². The Bertz CT molecular complexity index is 818. The molecule has 0 bridgehead atoms. The topological polar surface area (TPSA) is 41.6 Å². The summed E-state index contributed by atoms with van der Waals surface area (Å²) in [7, 11) is 5.80. The molecule has 4 heteroatoms. The van der Waals surface area contributed by atoms with Crippen LogP contribution in [-0.2, 0) is 6.42 Å². The van der Waals surface area contributed by atoms with E-state index >= 15 is 0 Å². The van der Waals surface area contributed by atoms with Crippen molar-refractivity contribution >= 4 is 5.91 Å². The van der Waals surface area contributed by atoms with Crippen molar-refractivity contribution in [2.24, 2.45) is 11.8 Å². The fraction of sp³-hybridized carbons (Fsp3) is 0.500. The van der Waals surface area contributed by atoms with E-state index in [-0.39, 0.29) is 11.9 Å². The van der Waals surface area contributed by atoms with Crippen molar-refractivity contribution < 1.29 is 9.53 Å². The third-order valence-electron chi connectivity index (χ3n) is 5.04. The standard InChI is InChI=1S/C26H38N2O2/c1-18(2)14-21-11-9-13-24(25(21)30-7)20-10-8-12-22(16-20)26(29)27-23(15-19(3)4)17-28(5)6/h8-13,16,18-19,23H,14-15,17H2,1-7H3,(H,27,29)/t23-/m1/s1. The van der Waals surface area contributed by atoms with Gasteiger partial charge < -0.3 is 15.0 Å². The van der Waals surface area contributed by atoms with Crippen molar-refractivity contribution in [2.75, 3.05) is 27.7 Å². The van der Waals surface area contributed by atoms with Gasteiger partial charge in [0.05, 0.1) is 7.11 Å². The first-order valence-corrected chi connectivity index (χ1v) is 10.9. The van der Waals surface area contributed by atoms with Crippen LogP contribution in [0.25, 0.3) is 11.1 Å². The van der Waals surface area contributed by atoms with Gasteiger partial charge in [-0.3, -0.25) is 4.79 Å². The molecule has 4 nitrogen and oxygen atoms in total. The summed E-state index contributed by atoms with van der Waals surface area (Å²) in [4.78, 5) is 15.1. The van der Waals surface area contributed by atoms with Crippen LogP contribution in [0.4, 0.5) is 0 Å². The maximum absolute atomic E-state index is 13.0. The van der Waals surface area contributed by atoms with Crippen LogP contribution in [0.3, 0.4) is 0 Å². The normalized spacial score (nSPS) is 12.5. The number of benzene rings is 2. The number of carbonyl (C=O) groups is 1. The summed E-state index contributed by atoms with van der Waals surface area (Å²) >= 11 is 0. The highest BCUT2D eigenvalue weighted by Crippen LogP contribution is 2.34. The van der Waals surface area contributed by atoms with Gasteiger partial charge in [0.25, 0.3) is 5.91 Å². The van der Waals surface area contributed by atoms with Crippen molar-refractivity contribution in [1.29, 1.82) is 0 Å². The van der Waals surface area contributed by atoms with Gasteiger partial charge in [-0.2, -0.15) is 0 Å². The highest BCUT2D eigenvalue weighted by Gasteiger charge is 2.18. The first-order chi connectivity index (χ1) is 14.2. The number of carbonyl (C=O) groups excluding carboxylic acids is 1. The first-order valence-electron chi connectivity index (χ1n) is 10.9. The second-order valence-electron chi connectivity index (χ2n) is 9.24. The molecule has 2 aromatic carbocycles. The molecule has 0 saturated carbocycles. The minimum atomic E-state index is -0.0262. The number of rotatable bonds is 10. The van der Waals surface area contributed by atoms with Gasteiger partial charge in [-0.25, -0.2) is 0 Å². The molecule has 0 radical (unpaired) electrons. The molecule has 0 heterocycles.